The molecule has 0 atom stereocenters. The molecule has 5 heteroatoms. The van der Waals surface area contributed by atoms with Gasteiger partial charge in [0.2, 0.25) is 0 Å². The summed E-state index contributed by atoms with van der Waals surface area (Å²) in [6.45, 7) is 5.68. The third-order valence-corrected chi connectivity index (χ3v) is 2.07. The number of nitrogens with one attached hydrogen (secondary N) is 1. The van der Waals surface area contributed by atoms with E-state index < -0.39 is 6.09 Å². The number of carbonyl (C=O) groups excluding carboxylic acids is 1. The summed E-state index contributed by atoms with van der Waals surface area (Å²) < 4.78 is 4.63. The Hall–Kier alpha value is -0.810. The van der Waals surface area contributed by atoms with Gasteiger partial charge in [-0.05, 0) is 6.42 Å². The van der Waals surface area contributed by atoms with Crippen molar-refractivity contribution in [1.29, 1.82) is 0 Å². The molecule has 0 radical (unpaired) electrons. The van der Waals surface area contributed by atoms with Crippen LogP contribution in [0.15, 0.2) is 0 Å². The highest BCUT2D eigenvalue weighted by Gasteiger charge is 2.08. The van der Waals surface area contributed by atoms with Crippen molar-refractivity contribution in [3.05, 3.63) is 0 Å². The van der Waals surface area contributed by atoms with Crippen molar-refractivity contribution in [1.82, 2.24) is 10.2 Å². The van der Waals surface area contributed by atoms with Crippen LogP contribution in [0.3, 0.4) is 0 Å². The van der Waals surface area contributed by atoms with Gasteiger partial charge >= 0.3 is 6.09 Å². The molecule has 1 amide bonds. The number of nitrogens with two attached hydrogens (primary N) is 1. The first-order valence-electron chi connectivity index (χ1n) is 4.64. The predicted octanol–water partition coefficient (Wildman–Crippen LogP) is -0.623. The van der Waals surface area contributed by atoms with Crippen LogP contribution < -0.4 is 11.1 Å². The summed E-state index contributed by atoms with van der Waals surface area (Å²) >= 11 is 0. The van der Waals surface area contributed by atoms with Gasteiger partial charge in [-0.3, -0.25) is 0 Å². The third kappa shape index (κ3) is 4.69. The average Bonchev–Trinajstić information content (AvgIpc) is 2.14. The Labute approximate surface area is 78.2 Å². The van der Waals surface area contributed by atoms with E-state index in [9.17, 15) is 4.79 Å². The van der Waals surface area contributed by atoms with E-state index >= 15 is 0 Å². The lowest BCUT2D eigenvalue weighted by Gasteiger charge is -2.26. The van der Waals surface area contributed by atoms with Crippen LogP contribution in [0.4, 0.5) is 4.79 Å². The number of nitrogens with zero attached hydrogens (tertiary/aromatic N) is 1. The lowest BCUT2D eigenvalue weighted by molar-refractivity contribution is 0.145. The van der Waals surface area contributed by atoms with Crippen LogP contribution in [-0.2, 0) is 4.74 Å². The molecule has 3 N–H and O–H groups in total. The van der Waals surface area contributed by atoms with E-state index in [0.29, 0.717) is 6.61 Å². The Kier molecular flexibility index (Phi) is 4.56. The zero-order valence-electron chi connectivity index (χ0n) is 7.79. The van der Waals surface area contributed by atoms with Gasteiger partial charge in [-0.25, -0.2) is 4.79 Å². The van der Waals surface area contributed by atoms with Crippen molar-refractivity contribution >= 4 is 6.09 Å². The number of rotatable bonds is 4. The lowest BCUT2D eigenvalue weighted by Crippen LogP contribution is -2.43. The van der Waals surface area contributed by atoms with Crippen LogP contribution in [0.25, 0.3) is 0 Å². The van der Waals surface area contributed by atoms with Crippen molar-refractivity contribution in [3.63, 3.8) is 0 Å². The molecule has 5 nitrogen and oxygen atoms in total. The van der Waals surface area contributed by atoms with Gasteiger partial charge in [0, 0.05) is 32.7 Å². The highest BCUT2D eigenvalue weighted by molar-refractivity contribution is 5.64. The standard InChI is InChI=1S/C8H17N3O2/c9-8(12)13-7-1-4-11-5-2-10-3-6-11/h10H,1-7H2,(H2,9,12). The van der Waals surface area contributed by atoms with Crippen LogP contribution >= 0.6 is 0 Å². The monoisotopic (exact) mass is 187 g/mol. The van der Waals surface area contributed by atoms with Gasteiger partial charge in [-0.15, -0.1) is 0 Å². The maximum absolute atomic E-state index is 10.2. The molecule has 1 aliphatic heterocycles. The minimum atomic E-state index is -0.680. The van der Waals surface area contributed by atoms with Crippen molar-refractivity contribution in [2.24, 2.45) is 5.73 Å². The van der Waals surface area contributed by atoms with E-state index in [1.807, 2.05) is 0 Å². The van der Waals surface area contributed by atoms with Crippen LogP contribution in [-0.4, -0.2) is 50.3 Å². The van der Waals surface area contributed by atoms with Crippen molar-refractivity contribution in [3.8, 4) is 0 Å². The highest BCUT2D eigenvalue weighted by atomic mass is 16.5. The van der Waals surface area contributed by atoms with E-state index in [-0.39, 0.29) is 0 Å². The maximum Gasteiger partial charge on any atom is 0.404 e. The highest BCUT2D eigenvalue weighted by Crippen LogP contribution is 1.94. The number of carbonyl (C=O) groups is 1. The van der Waals surface area contributed by atoms with Crippen LogP contribution in [0.2, 0.25) is 0 Å². The van der Waals surface area contributed by atoms with Gasteiger partial charge in [0.1, 0.15) is 0 Å². The molecule has 0 aliphatic carbocycles. The normalized spacial score (nSPS) is 18.5. The number of amides is 1. The van der Waals surface area contributed by atoms with Gasteiger partial charge in [0.05, 0.1) is 6.61 Å². The Bertz CT molecular complexity index is 157. The Morgan fingerprint density at radius 2 is 2.15 bits per heavy atom. The van der Waals surface area contributed by atoms with Gasteiger partial charge in [-0.1, -0.05) is 0 Å². The number of hydrogen-bond acceptors (Lipinski definition) is 4. The van der Waals surface area contributed by atoms with E-state index in [2.05, 4.69) is 15.0 Å². The van der Waals surface area contributed by atoms with E-state index in [4.69, 9.17) is 5.73 Å². The first-order valence-corrected chi connectivity index (χ1v) is 4.64. The molecule has 0 aromatic carbocycles. The molecule has 0 spiro atoms. The summed E-state index contributed by atoms with van der Waals surface area (Å²) in [5, 5.41) is 3.28. The molecule has 0 aromatic rings. The van der Waals surface area contributed by atoms with Gasteiger partial charge < -0.3 is 20.7 Å². The Morgan fingerprint density at radius 1 is 1.46 bits per heavy atom. The Balaban J connectivity index is 1.95. The topological polar surface area (TPSA) is 67.6 Å². The third-order valence-electron chi connectivity index (χ3n) is 2.07. The van der Waals surface area contributed by atoms with Crippen LogP contribution in [0, 0.1) is 0 Å². The second kappa shape index (κ2) is 5.77. The van der Waals surface area contributed by atoms with E-state index in [1.54, 1.807) is 0 Å². The number of ether oxygens (including phenoxy) is 1. The maximum atomic E-state index is 10.2. The van der Waals surface area contributed by atoms with E-state index in [1.165, 1.54) is 0 Å². The zero-order valence-corrected chi connectivity index (χ0v) is 7.79. The fourth-order valence-electron chi connectivity index (χ4n) is 1.40. The van der Waals surface area contributed by atoms with Crippen molar-refractivity contribution < 1.29 is 9.53 Å². The number of hydrogen-bond donors (Lipinski definition) is 2. The average molecular weight is 187 g/mol. The van der Waals surface area contributed by atoms with Gasteiger partial charge in [0.25, 0.3) is 0 Å². The molecule has 1 rings (SSSR count). The molecule has 0 unspecified atom stereocenters. The fourth-order valence-corrected chi connectivity index (χ4v) is 1.40. The molecule has 0 aromatic heterocycles. The molecule has 13 heavy (non-hydrogen) atoms. The summed E-state index contributed by atoms with van der Waals surface area (Å²) in [5.41, 5.74) is 4.83. The van der Waals surface area contributed by atoms with Gasteiger partial charge in [0.15, 0.2) is 0 Å². The van der Waals surface area contributed by atoms with Crippen molar-refractivity contribution in [2.75, 3.05) is 39.3 Å². The summed E-state index contributed by atoms with van der Waals surface area (Å²) in [4.78, 5) is 12.6. The smallest absolute Gasteiger partial charge is 0.404 e. The summed E-state index contributed by atoms with van der Waals surface area (Å²) in [6, 6.07) is 0. The summed E-state index contributed by atoms with van der Waals surface area (Å²) in [7, 11) is 0. The summed E-state index contributed by atoms with van der Waals surface area (Å²) in [6.07, 6.45) is 0.184. The molecular formula is C8H17N3O2. The van der Waals surface area contributed by atoms with Crippen LogP contribution in [0.5, 0.6) is 0 Å². The minimum absolute atomic E-state index is 0.430. The zero-order chi connectivity index (χ0) is 9.52. The second-order valence-electron chi connectivity index (χ2n) is 3.11. The number of primary amides is 1. The largest absolute Gasteiger partial charge is 0.450 e. The first-order chi connectivity index (χ1) is 6.29. The molecule has 0 bridgehead atoms. The van der Waals surface area contributed by atoms with Gasteiger partial charge in [-0.2, -0.15) is 0 Å². The minimum Gasteiger partial charge on any atom is -0.450 e. The number of piperazine rings is 1. The molecule has 1 aliphatic rings. The molecule has 1 saturated heterocycles. The first kappa shape index (κ1) is 10.3. The summed E-state index contributed by atoms with van der Waals surface area (Å²) in [5.74, 6) is 0. The van der Waals surface area contributed by atoms with E-state index in [0.717, 1.165) is 39.1 Å². The van der Waals surface area contributed by atoms with Crippen molar-refractivity contribution in [2.45, 2.75) is 6.42 Å². The predicted molar refractivity (Wildman–Crippen MR) is 49.5 cm³/mol. The SMILES string of the molecule is NC(=O)OCCCN1CCNCC1. The quantitative estimate of drug-likeness (QED) is 0.575. The Morgan fingerprint density at radius 3 is 2.77 bits per heavy atom. The fraction of sp³-hybridized carbons (Fsp3) is 0.875. The molecule has 0 saturated carbocycles. The molecular weight excluding hydrogens is 170 g/mol. The molecule has 76 valence electrons. The van der Waals surface area contributed by atoms with Crippen LogP contribution in [0.1, 0.15) is 6.42 Å². The molecule has 1 heterocycles. The lowest BCUT2D eigenvalue weighted by atomic mass is 10.3. The molecule has 1 fully saturated rings. The second-order valence-corrected chi connectivity index (χ2v) is 3.11.